The van der Waals surface area contributed by atoms with Crippen molar-refractivity contribution in [1.29, 1.82) is 0 Å². The predicted molar refractivity (Wildman–Crippen MR) is 83.4 cm³/mol. The van der Waals surface area contributed by atoms with Crippen molar-refractivity contribution in [3.05, 3.63) is 42.0 Å². The first-order valence-electron chi connectivity index (χ1n) is 7.11. The third-order valence-electron chi connectivity index (χ3n) is 3.16. The molecule has 4 nitrogen and oxygen atoms in total. The fourth-order valence-corrected chi connectivity index (χ4v) is 2.25. The van der Waals surface area contributed by atoms with E-state index in [-0.39, 0.29) is 18.6 Å². The summed E-state index contributed by atoms with van der Waals surface area (Å²) in [6.07, 6.45) is -0.655. The van der Waals surface area contributed by atoms with Crippen LogP contribution in [0.2, 0.25) is 0 Å². The van der Waals surface area contributed by atoms with Crippen LogP contribution in [0.4, 0.5) is 0 Å². The Morgan fingerprint density at radius 2 is 1.90 bits per heavy atom. The summed E-state index contributed by atoms with van der Waals surface area (Å²) in [5.41, 5.74) is 0.686. The Kier molecular flexibility index (Phi) is 4.81. The van der Waals surface area contributed by atoms with Crippen LogP contribution >= 0.6 is 0 Å². The van der Waals surface area contributed by atoms with Crippen LogP contribution in [0.1, 0.15) is 32.4 Å². The molecule has 2 aromatic carbocycles. The second-order valence-corrected chi connectivity index (χ2v) is 5.39. The number of benzene rings is 2. The summed E-state index contributed by atoms with van der Waals surface area (Å²) in [6, 6.07) is 11.6. The molecule has 0 bridgehead atoms. The minimum absolute atomic E-state index is 0.0636. The summed E-state index contributed by atoms with van der Waals surface area (Å²) in [4.78, 5) is 11.7. The maximum atomic E-state index is 11.7. The van der Waals surface area contributed by atoms with Crippen molar-refractivity contribution in [3.63, 3.8) is 0 Å². The van der Waals surface area contributed by atoms with Crippen LogP contribution in [0, 0.1) is 0 Å². The highest BCUT2D eigenvalue weighted by Crippen LogP contribution is 2.33. The molecule has 2 aromatic rings. The quantitative estimate of drug-likeness (QED) is 0.889. The van der Waals surface area contributed by atoms with Crippen molar-refractivity contribution in [2.24, 2.45) is 0 Å². The van der Waals surface area contributed by atoms with Gasteiger partial charge in [0.05, 0.1) is 6.10 Å². The molecular weight excluding hydrogens is 266 g/mol. The van der Waals surface area contributed by atoms with E-state index in [4.69, 9.17) is 4.74 Å². The Hall–Kier alpha value is -2.07. The number of nitrogens with one attached hydrogen (secondary N) is 1. The van der Waals surface area contributed by atoms with Gasteiger partial charge < -0.3 is 15.2 Å². The molecule has 0 unspecified atom stereocenters. The third-order valence-corrected chi connectivity index (χ3v) is 3.16. The van der Waals surface area contributed by atoms with E-state index in [0.29, 0.717) is 11.3 Å². The lowest BCUT2D eigenvalue weighted by Crippen LogP contribution is -2.34. The monoisotopic (exact) mass is 287 g/mol. The summed E-state index contributed by atoms with van der Waals surface area (Å²) in [5, 5.41) is 14.6. The number of aliphatic hydroxyl groups excluding tert-OH is 1. The van der Waals surface area contributed by atoms with Crippen molar-refractivity contribution < 1.29 is 14.6 Å². The number of amides is 1. The van der Waals surface area contributed by atoms with E-state index in [1.54, 1.807) is 6.92 Å². The molecular formula is C17H21NO3. The lowest BCUT2D eigenvalue weighted by atomic mass is 10.0. The lowest BCUT2D eigenvalue weighted by molar-refractivity contribution is -0.123. The van der Waals surface area contributed by atoms with Gasteiger partial charge in [0, 0.05) is 17.0 Å². The topological polar surface area (TPSA) is 58.6 Å². The van der Waals surface area contributed by atoms with Crippen molar-refractivity contribution in [2.75, 3.05) is 6.61 Å². The molecule has 0 aliphatic rings. The van der Waals surface area contributed by atoms with E-state index >= 15 is 0 Å². The molecule has 0 spiro atoms. The fraction of sp³-hybridized carbons (Fsp3) is 0.353. The largest absolute Gasteiger partial charge is 0.483 e. The minimum atomic E-state index is -0.655. The second-order valence-electron chi connectivity index (χ2n) is 5.39. The molecule has 112 valence electrons. The second kappa shape index (κ2) is 6.59. The fourth-order valence-electron chi connectivity index (χ4n) is 2.25. The van der Waals surface area contributed by atoms with Gasteiger partial charge in [0.1, 0.15) is 5.75 Å². The molecule has 0 saturated carbocycles. The molecule has 0 heterocycles. The van der Waals surface area contributed by atoms with Gasteiger partial charge in [-0.3, -0.25) is 4.79 Å². The van der Waals surface area contributed by atoms with Crippen LogP contribution in [0.15, 0.2) is 36.4 Å². The Bertz CT molecular complexity index is 635. The molecule has 0 radical (unpaired) electrons. The Labute approximate surface area is 124 Å². The van der Waals surface area contributed by atoms with Crippen LogP contribution in [-0.4, -0.2) is 23.7 Å². The molecule has 2 N–H and O–H groups in total. The van der Waals surface area contributed by atoms with E-state index in [0.717, 1.165) is 10.8 Å². The molecule has 2 rings (SSSR count). The van der Waals surface area contributed by atoms with Gasteiger partial charge in [-0.05, 0) is 26.2 Å². The zero-order valence-corrected chi connectivity index (χ0v) is 12.6. The maximum absolute atomic E-state index is 11.7. The lowest BCUT2D eigenvalue weighted by Gasteiger charge is -2.16. The molecule has 4 heteroatoms. The molecule has 1 amide bonds. The Morgan fingerprint density at radius 1 is 1.19 bits per heavy atom. The molecule has 0 fully saturated rings. The van der Waals surface area contributed by atoms with Crippen LogP contribution in [0.25, 0.3) is 10.8 Å². The van der Waals surface area contributed by atoms with Gasteiger partial charge in [-0.2, -0.15) is 0 Å². The van der Waals surface area contributed by atoms with Crippen LogP contribution in [-0.2, 0) is 4.79 Å². The van der Waals surface area contributed by atoms with E-state index in [1.165, 1.54) is 0 Å². The van der Waals surface area contributed by atoms with Gasteiger partial charge in [-0.15, -0.1) is 0 Å². The molecule has 0 saturated heterocycles. The van der Waals surface area contributed by atoms with Crippen molar-refractivity contribution in [2.45, 2.75) is 32.9 Å². The highest BCUT2D eigenvalue weighted by Gasteiger charge is 2.14. The van der Waals surface area contributed by atoms with Crippen LogP contribution < -0.4 is 10.1 Å². The van der Waals surface area contributed by atoms with Gasteiger partial charge >= 0.3 is 0 Å². The first kappa shape index (κ1) is 15.3. The normalized spacial score (nSPS) is 12.4. The van der Waals surface area contributed by atoms with E-state index in [9.17, 15) is 9.90 Å². The average Bonchev–Trinajstić information content (AvgIpc) is 2.43. The summed E-state index contributed by atoms with van der Waals surface area (Å²) in [6.45, 7) is 5.42. The van der Waals surface area contributed by atoms with Gasteiger partial charge in [0.25, 0.3) is 5.91 Å². The number of carbonyl (C=O) groups excluding carboxylic acids is 1. The third kappa shape index (κ3) is 3.73. The average molecular weight is 287 g/mol. The number of aliphatic hydroxyl groups is 1. The zero-order chi connectivity index (χ0) is 15.4. The first-order valence-corrected chi connectivity index (χ1v) is 7.11. The number of hydrogen-bond acceptors (Lipinski definition) is 3. The van der Waals surface area contributed by atoms with Gasteiger partial charge in [0.2, 0.25) is 0 Å². The zero-order valence-electron chi connectivity index (χ0n) is 12.6. The number of fused-ring (bicyclic) bond motifs is 1. The Morgan fingerprint density at radius 3 is 2.57 bits per heavy atom. The predicted octanol–water partition coefficient (Wildman–Crippen LogP) is 2.80. The SMILES string of the molecule is CC(C)NC(=O)COc1c([C@@H](C)O)ccc2ccccc12. The number of carbonyl (C=O) groups is 1. The Balaban J connectivity index is 2.31. The van der Waals surface area contributed by atoms with E-state index in [1.807, 2.05) is 50.2 Å². The highest BCUT2D eigenvalue weighted by molar-refractivity contribution is 5.90. The van der Waals surface area contributed by atoms with Crippen molar-refractivity contribution in [3.8, 4) is 5.75 Å². The molecule has 1 atom stereocenters. The highest BCUT2D eigenvalue weighted by atomic mass is 16.5. The molecule has 0 aromatic heterocycles. The standard InChI is InChI=1S/C17H21NO3/c1-11(2)18-16(20)10-21-17-14(12(3)19)9-8-13-6-4-5-7-15(13)17/h4-9,11-12,19H,10H2,1-3H3,(H,18,20)/t12-/m1/s1. The molecule has 21 heavy (non-hydrogen) atoms. The van der Waals surface area contributed by atoms with Crippen LogP contribution in [0.5, 0.6) is 5.75 Å². The van der Waals surface area contributed by atoms with Crippen LogP contribution in [0.3, 0.4) is 0 Å². The number of ether oxygens (including phenoxy) is 1. The summed E-state index contributed by atoms with van der Waals surface area (Å²) >= 11 is 0. The number of hydrogen-bond donors (Lipinski definition) is 2. The molecule has 0 aliphatic heterocycles. The van der Waals surface area contributed by atoms with Crippen molar-refractivity contribution in [1.82, 2.24) is 5.32 Å². The molecule has 0 aliphatic carbocycles. The van der Waals surface area contributed by atoms with Crippen molar-refractivity contribution >= 4 is 16.7 Å². The minimum Gasteiger partial charge on any atom is -0.483 e. The van der Waals surface area contributed by atoms with Gasteiger partial charge in [-0.1, -0.05) is 36.4 Å². The summed E-state index contributed by atoms with van der Waals surface area (Å²) < 4.78 is 5.70. The smallest absolute Gasteiger partial charge is 0.258 e. The van der Waals surface area contributed by atoms with Gasteiger partial charge in [-0.25, -0.2) is 0 Å². The maximum Gasteiger partial charge on any atom is 0.258 e. The number of rotatable bonds is 5. The van der Waals surface area contributed by atoms with E-state index in [2.05, 4.69) is 5.32 Å². The van der Waals surface area contributed by atoms with Gasteiger partial charge in [0.15, 0.2) is 6.61 Å². The summed E-state index contributed by atoms with van der Waals surface area (Å²) in [7, 11) is 0. The van der Waals surface area contributed by atoms with E-state index < -0.39 is 6.10 Å². The first-order chi connectivity index (χ1) is 9.99. The summed E-state index contributed by atoms with van der Waals surface area (Å²) in [5.74, 6) is 0.400.